The standard InChI is InChI=1S/C24H30N2O7S/c1-34(30,31)25-19(29)7-11-32-24-8-6-17(28)22-23(24)9-10-26(13-14-2-3-14)18(24)12-15-4-5-16(27)21(33-22)20(15)23/h4-5,14,18,22,27H,2-3,6-13H2,1H3,(H,25,29)/t18-,22+,23+,24-/m1/s1. The smallest absolute Gasteiger partial charge is 0.235 e. The number of Topliss-reactive ketones (excluding diaryl/α,β-unsaturated/α-hetero) is 1. The van der Waals surface area contributed by atoms with Crippen LogP contribution in [-0.2, 0) is 36.2 Å². The number of phenols is 1. The molecule has 2 N–H and O–H groups in total. The number of aromatic hydroxyl groups is 1. The molecule has 10 heteroatoms. The molecule has 3 fully saturated rings. The van der Waals surface area contributed by atoms with Crippen LogP contribution in [0.25, 0.3) is 0 Å². The van der Waals surface area contributed by atoms with E-state index in [1.165, 1.54) is 12.8 Å². The van der Waals surface area contributed by atoms with Crippen molar-refractivity contribution in [3.05, 3.63) is 23.3 Å². The van der Waals surface area contributed by atoms with Gasteiger partial charge in [0.15, 0.2) is 23.4 Å². The Bertz CT molecular complexity index is 1180. The highest BCUT2D eigenvalue weighted by atomic mass is 32.2. The maximum atomic E-state index is 13.2. The van der Waals surface area contributed by atoms with Crippen LogP contribution in [0.15, 0.2) is 12.1 Å². The fraction of sp³-hybridized carbons (Fsp3) is 0.667. The Hall–Kier alpha value is -2.17. The van der Waals surface area contributed by atoms with Gasteiger partial charge in [0.05, 0.1) is 30.3 Å². The number of hydrogen-bond acceptors (Lipinski definition) is 8. The molecule has 0 aromatic heterocycles. The summed E-state index contributed by atoms with van der Waals surface area (Å²) in [4.78, 5) is 27.9. The molecule has 3 aliphatic carbocycles. The van der Waals surface area contributed by atoms with Gasteiger partial charge >= 0.3 is 0 Å². The lowest BCUT2D eigenvalue weighted by molar-refractivity contribution is -0.213. The molecule has 0 radical (unpaired) electrons. The van der Waals surface area contributed by atoms with E-state index in [0.29, 0.717) is 30.9 Å². The number of ketones is 1. The zero-order valence-electron chi connectivity index (χ0n) is 19.2. The molecule has 5 aliphatic rings. The van der Waals surface area contributed by atoms with Crippen LogP contribution in [0.4, 0.5) is 0 Å². The number of phenolic OH excluding ortho intramolecular Hbond substituents is 1. The quantitative estimate of drug-likeness (QED) is 0.581. The largest absolute Gasteiger partial charge is 0.504 e. The van der Waals surface area contributed by atoms with Crippen LogP contribution in [0.2, 0.25) is 0 Å². The van der Waals surface area contributed by atoms with E-state index in [4.69, 9.17) is 9.47 Å². The van der Waals surface area contributed by atoms with Gasteiger partial charge in [-0.1, -0.05) is 6.07 Å². The summed E-state index contributed by atoms with van der Waals surface area (Å²) < 4.78 is 37.8. The molecule has 2 bridgehead atoms. The lowest BCUT2D eigenvalue weighted by atomic mass is 9.48. The van der Waals surface area contributed by atoms with Crippen molar-refractivity contribution in [1.82, 2.24) is 9.62 Å². The predicted molar refractivity (Wildman–Crippen MR) is 121 cm³/mol. The highest BCUT2D eigenvalue weighted by Gasteiger charge is 2.74. The van der Waals surface area contributed by atoms with E-state index < -0.39 is 33.1 Å². The maximum absolute atomic E-state index is 13.2. The molecule has 1 saturated heterocycles. The molecule has 2 heterocycles. The molecule has 1 spiro atoms. The van der Waals surface area contributed by atoms with Gasteiger partial charge in [0.1, 0.15) is 0 Å². The van der Waals surface area contributed by atoms with Gasteiger partial charge in [0, 0.05) is 24.6 Å². The number of ether oxygens (including phenoxy) is 2. The zero-order valence-corrected chi connectivity index (χ0v) is 20.0. The number of rotatable bonds is 7. The van der Waals surface area contributed by atoms with Crippen LogP contribution in [0.5, 0.6) is 11.5 Å². The van der Waals surface area contributed by atoms with Crippen molar-refractivity contribution in [1.29, 1.82) is 0 Å². The number of carbonyl (C=O) groups excluding carboxylic acids is 2. The van der Waals surface area contributed by atoms with Crippen LogP contribution in [-0.4, -0.2) is 73.8 Å². The molecule has 2 saturated carbocycles. The Balaban J connectivity index is 1.41. The Morgan fingerprint density at radius 1 is 1.32 bits per heavy atom. The van der Waals surface area contributed by atoms with Crippen LogP contribution < -0.4 is 9.46 Å². The van der Waals surface area contributed by atoms with Crippen molar-refractivity contribution in [2.75, 3.05) is 26.0 Å². The third-order valence-electron chi connectivity index (χ3n) is 8.51. The van der Waals surface area contributed by atoms with E-state index in [1.807, 2.05) is 10.8 Å². The molecule has 9 nitrogen and oxygen atoms in total. The van der Waals surface area contributed by atoms with Gasteiger partial charge in [-0.3, -0.25) is 19.2 Å². The van der Waals surface area contributed by atoms with E-state index in [9.17, 15) is 23.1 Å². The number of sulfonamides is 1. The van der Waals surface area contributed by atoms with Crippen molar-refractivity contribution in [2.24, 2.45) is 5.92 Å². The van der Waals surface area contributed by atoms with Crippen molar-refractivity contribution >= 4 is 21.7 Å². The van der Waals surface area contributed by atoms with Crippen molar-refractivity contribution in [2.45, 2.75) is 68.1 Å². The second-order valence-electron chi connectivity index (χ2n) is 10.6. The minimum Gasteiger partial charge on any atom is -0.504 e. The zero-order chi connectivity index (χ0) is 23.9. The van der Waals surface area contributed by atoms with E-state index in [1.54, 1.807) is 6.07 Å². The molecule has 184 valence electrons. The second-order valence-corrected chi connectivity index (χ2v) is 12.3. The number of amides is 1. The van der Waals surface area contributed by atoms with Gasteiger partial charge < -0.3 is 14.6 Å². The minimum absolute atomic E-state index is 0.0158. The van der Waals surface area contributed by atoms with Gasteiger partial charge in [0.2, 0.25) is 15.9 Å². The number of carbonyl (C=O) groups is 2. The normalized spacial score (nSPS) is 33.9. The number of nitrogens with zero attached hydrogens (tertiary/aromatic N) is 1. The first kappa shape index (κ1) is 22.3. The predicted octanol–water partition coefficient (Wildman–Crippen LogP) is 1.02. The molecule has 4 atom stereocenters. The number of benzene rings is 1. The van der Waals surface area contributed by atoms with Crippen LogP contribution in [0.1, 0.15) is 49.7 Å². The van der Waals surface area contributed by atoms with Gasteiger partial charge in [0.25, 0.3) is 0 Å². The SMILES string of the molecule is CS(=O)(=O)NC(=O)CCO[C@@]12CCC(=O)[C@@H]3Oc4c(O)ccc5c4[C@@]31CCN(CC1CC1)[C@@H]2C5. The van der Waals surface area contributed by atoms with E-state index in [2.05, 4.69) is 4.90 Å². The Morgan fingerprint density at radius 2 is 2.12 bits per heavy atom. The summed E-state index contributed by atoms with van der Waals surface area (Å²) in [6.07, 6.45) is 4.79. The Kier molecular flexibility index (Phi) is 4.86. The molecule has 2 aliphatic heterocycles. The number of nitrogens with one attached hydrogen (secondary N) is 1. The summed E-state index contributed by atoms with van der Waals surface area (Å²) in [6.45, 7) is 1.85. The molecule has 1 aromatic rings. The van der Waals surface area contributed by atoms with Gasteiger partial charge in [-0.05, 0) is 56.2 Å². The summed E-state index contributed by atoms with van der Waals surface area (Å²) in [7, 11) is -3.64. The van der Waals surface area contributed by atoms with Crippen LogP contribution in [0.3, 0.4) is 0 Å². The van der Waals surface area contributed by atoms with Crippen LogP contribution >= 0.6 is 0 Å². The average molecular weight is 491 g/mol. The lowest BCUT2D eigenvalue weighted by Gasteiger charge is -2.64. The summed E-state index contributed by atoms with van der Waals surface area (Å²) in [5.74, 6) is 0.526. The van der Waals surface area contributed by atoms with Gasteiger partial charge in [-0.25, -0.2) is 8.42 Å². The lowest BCUT2D eigenvalue weighted by Crippen LogP contribution is -2.77. The topological polar surface area (TPSA) is 122 Å². The molecular formula is C24H30N2O7S. The molecule has 34 heavy (non-hydrogen) atoms. The van der Waals surface area contributed by atoms with Gasteiger partial charge in [-0.2, -0.15) is 0 Å². The molecule has 1 amide bonds. The molecular weight excluding hydrogens is 460 g/mol. The van der Waals surface area contributed by atoms with Gasteiger partial charge in [-0.15, -0.1) is 0 Å². The highest BCUT2D eigenvalue weighted by Crippen LogP contribution is 2.66. The molecule has 0 unspecified atom stereocenters. The second kappa shape index (κ2) is 7.41. The first-order valence-corrected chi connectivity index (χ1v) is 14.0. The van der Waals surface area contributed by atoms with E-state index in [0.717, 1.165) is 36.9 Å². The fourth-order valence-corrected chi connectivity index (χ4v) is 7.63. The van der Waals surface area contributed by atoms with Crippen molar-refractivity contribution in [3.63, 3.8) is 0 Å². The van der Waals surface area contributed by atoms with E-state index in [-0.39, 0.29) is 30.6 Å². The molecule has 6 rings (SSSR count). The summed E-state index contributed by atoms with van der Waals surface area (Å²) in [5, 5.41) is 10.6. The summed E-state index contributed by atoms with van der Waals surface area (Å²) in [6, 6.07) is 3.61. The Morgan fingerprint density at radius 3 is 2.85 bits per heavy atom. The first-order chi connectivity index (χ1) is 16.1. The third-order valence-corrected chi connectivity index (χ3v) is 9.10. The van der Waals surface area contributed by atoms with Crippen LogP contribution in [0, 0.1) is 5.92 Å². The fourth-order valence-electron chi connectivity index (χ4n) is 7.11. The van der Waals surface area contributed by atoms with E-state index >= 15 is 0 Å². The highest BCUT2D eigenvalue weighted by molar-refractivity contribution is 7.89. The summed E-state index contributed by atoms with van der Waals surface area (Å²) >= 11 is 0. The monoisotopic (exact) mass is 490 g/mol. The van der Waals surface area contributed by atoms with Crippen molar-refractivity contribution in [3.8, 4) is 11.5 Å². The maximum Gasteiger partial charge on any atom is 0.235 e. The third kappa shape index (κ3) is 3.14. The first-order valence-electron chi connectivity index (χ1n) is 12.1. The number of hydrogen-bond donors (Lipinski definition) is 2. The number of piperidine rings is 1. The average Bonchev–Trinajstić information content (AvgIpc) is 3.49. The summed E-state index contributed by atoms with van der Waals surface area (Å²) in [5.41, 5.74) is 0.510. The minimum atomic E-state index is -3.64. The molecule has 1 aromatic carbocycles. The Labute approximate surface area is 198 Å². The number of likely N-dealkylation sites (tertiary alicyclic amines) is 1. The van der Waals surface area contributed by atoms with Crippen molar-refractivity contribution < 1.29 is 32.6 Å².